The van der Waals surface area contributed by atoms with Gasteiger partial charge in [0, 0.05) is 18.0 Å². The van der Waals surface area contributed by atoms with Crippen LogP contribution in [0.25, 0.3) is 11.2 Å². The van der Waals surface area contributed by atoms with Crippen LogP contribution >= 0.6 is 22.9 Å². The van der Waals surface area contributed by atoms with E-state index in [-0.39, 0.29) is 5.28 Å². The number of aromatic nitrogens is 4. The highest BCUT2D eigenvalue weighted by molar-refractivity contribution is 7.10. The molecule has 0 radical (unpaired) electrons. The molecule has 0 bridgehead atoms. The number of ether oxygens (including phenoxy) is 1. The fourth-order valence-corrected chi connectivity index (χ4v) is 5.28. The normalized spacial score (nSPS) is 27.9. The first-order valence-corrected chi connectivity index (χ1v) is 11.4. The number of imidazole rings is 1. The molecule has 0 aromatic carbocycles. The molecule has 5 heterocycles. The number of hydrogen-bond donors (Lipinski definition) is 4. The molecule has 4 atom stereocenters. The molecular formula is C19H23ClN6O4S. The Morgan fingerprint density at radius 2 is 2.03 bits per heavy atom. The number of aliphatic hydroxyl groups is 3. The van der Waals surface area contributed by atoms with E-state index >= 15 is 0 Å². The number of nitrogens with one attached hydrogen (secondary N) is 1. The van der Waals surface area contributed by atoms with Crippen molar-refractivity contribution in [2.24, 2.45) is 0 Å². The maximum Gasteiger partial charge on any atom is 0.226 e. The lowest BCUT2D eigenvalue weighted by Crippen LogP contribution is -2.37. The van der Waals surface area contributed by atoms with Crippen LogP contribution in [-0.4, -0.2) is 77.9 Å². The van der Waals surface area contributed by atoms with Crippen LogP contribution in [0.15, 0.2) is 23.8 Å². The molecule has 5 rings (SSSR count). The number of nitrogens with zero attached hydrogens (tertiary/aromatic N) is 5. The van der Waals surface area contributed by atoms with E-state index in [0.29, 0.717) is 22.9 Å². The van der Waals surface area contributed by atoms with Crippen LogP contribution in [0.5, 0.6) is 0 Å². The van der Waals surface area contributed by atoms with E-state index in [9.17, 15) is 15.3 Å². The Hall–Kier alpha value is -1.86. The summed E-state index contributed by atoms with van der Waals surface area (Å²) < 4.78 is 7.10. The van der Waals surface area contributed by atoms with Gasteiger partial charge in [-0.15, -0.1) is 11.3 Å². The quantitative estimate of drug-likeness (QED) is 0.412. The average Bonchev–Trinajstić information content (AvgIpc) is 3.50. The molecule has 0 aliphatic carbocycles. The van der Waals surface area contributed by atoms with Crippen LogP contribution in [0.1, 0.15) is 29.9 Å². The lowest BCUT2D eigenvalue weighted by molar-refractivity contribution is -0.0511. The van der Waals surface area contributed by atoms with Gasteiger partial charge in [-0.25, -0.2) is 9.99 Å². The minimum Gasteiger partial charge on any atom is -0.394 e. The van der Waals surface area contributed by atoms with E-state index in [4.69, 9.17) is 16.3 Å². The van der Waals surface area contributed by atoms with E-state index in [1.54, 1.807) is 11.3 Å². The summed E-state index contributed by atoms with van der Waals surface area (Å²) in [5.41, 5.74) is 4.15. The number of hydrogen-bond acceptors (Lipinski definition) is 10. The molecule has 3 aromatic heterocycles. The number of thiophene rings is 1. The number of rotatable bonds is 5. The van der Waals surface area contributed by atoms with Gasteiger partial charge in [0.15, 0.2) is 23.2 Å². The first-order chi connectivity index (χ1) is 15.0. The summed E-state index contributed by atoms with van der Waals surface area (Å²) in [7, 11) is 0. The maximum atomic E-state index is 10.4. The van der Waals surface area contributed by atoms with Crippen molar-refractivity contribution in [2.75, 3.05) is 25.1 Å². The van der Waals surface area contributed by atoms with E-state index in [0.717, 1.165) is 25.9 Å². The summed E-state index contributed by atoms with van der Waals surface area (Å²) in [6, 6.07) is 4.28. The number of piperidine rings is 1. The molecule has 2 fully saturated rings. The number of hydrazine groups is 1. The van der Waals surface area contributed by atoms with Crippen LogP contribution in [0.3, 0.4) is 0 Å². The molecule has 2 aliphatic heterocycles. The van der Waals surface area contributed by atoms with Crippen LogP contribution in [0.4, 0.5) is 5.82 Å². The van der Waals surface area contributed by atoms with Gasteiger partial charge in [-0.05, 0) is 41.8 Å². The summed E-state index contributed by atoms with van der Waals surface area (Å²) in [4.78, 5) is 14.4. The van der Waals surface area contributed by atoms with Crippen molar-refractivity contribution < 1.29 is 20.1 Å². The third kappa shape index (κ3) is 3.91. The SMILES string of the molecule is OC[C@H]1O[C@@H](n2cnc3c(NN4CCC(c5cccs5)CC4)nc(Cl)nc32)[C@H](O)[C@@H]1O. The van der Waals surface area contributed by atoms with Crippen LogP contribution in [-0.2, 0) is 4.74 Å². The van der Waals surface area contributed by atoms with Crippen molar-refractivity contribution in [1.29, 1.82) is 0 Å². The minimum absolute atomic E-state index is 0.0250. The Morgan fingerprint density at radius 3 is 2.71 bits per heavy atom. The van der Waals surface area contributed by atoms with Crippen molar-refractivity contribution in [1.82, 2.24) is 24.5 Å². The van der Waals surface area contributed by atoms with Gasteiger partial charge in [-0.2, -0.15) is 9.97 Å². The van der Waals surface area contributed by atoms with E-state index in [1.807, 2.05) is 0 Å². The van der Waals surface area contributed by atoms with E-state index in [1.165, 1.54) is 15.8 Å². The molecule has 12 heteroatoms. The summed E-state index contributed by atoms with van der Waals surface area (Å²) in [5.74, 6) is 1.04. The van der Waals surface area contributed by atoms with E-state index in [2.05, 4.69) is 42.9 Å². The second-order valence-corrected chi connectivity index (χ2v) is 9.10. The predicted octanol–water partition coefficient (Wildman–Crippen LogP) is 1.36. The third-order valence-corrected chi connectivity index (χ3v) is 7.09. The molecule has 2 aliphatic rings. The molecule has 0 spiro atoms. The molecule has 31 heavy (non-hydrogen) atoms. The Kier molecular flexibility index (Phi) is 5.82. The van der Waals surface area contributed by atoms with Crippen LogP contribution < -0.4 is 5.43 Å². The fourth-order valence-electron chi connectivity index (χ4n) is 4.21. The zero-order valence-electron chi connectivity index (χ0n) is 16.5. The van der Waals surface area contributed by atoms with Gasteiger partial charge in [0.1, 0.15) is 18.3 Å². The van der Waals surface area contributed by atoms with Crippen molar-refractivity contribution in [3.63, 3.8) is 0 Å². The predicted molar refractivity (Wildman–Crippen MR) is 115 cm³/mol. The number of anilines is 1. The number of aliphatic hydroxyl groups excluding tert-OH is 3. The van der Waals surface area contributed by atoms with Crippen molar-refractivity contribution in [3.8, 4) is 0 Å². The topological polar surface area (TPSA) is 129 Å². The van der Waals surface area contributed by atoms with Gasteiger partial charge in [0.2, 0.25) is 5.28 Å². The van der Waals surface area contributed by atoms with Gasteiger partial charge in [0.25, 0.3) is 0 Å². The second-order valence-electron chi connectivity index (χ2n) is 7.78. The second kappa shape index (κ2) is 8.58. The smallest absolute Gasteiger partial charge is 0.226 e. The van der Waals surface area contributed by atoms with Gasteiger partial charge < -0.3 is 25.5 Å². The highest BCUT2D eigenvalue weighted by Crippen LogP contribution is 2.34. The van der Waals surface area contributed by atoms with Crippen LogP contribution in [0, 0.1) is 0 Å². The average molecular weight is 467 g/mol. The highest BCUT2D eigenvalue weighted by Gasteiger charge is 2.44. The van der Waals surface area contributed by atoms with E-state index < -0.39 is 31.1 Å². The Labute approximate surface area is 187 Å². The first-order valence-electron chi connectivity index (χ1n) is 10.1. The molecule has 3 aromatic rings. The van der Waals surface area contributed by atoms with Crippen molar-refractivity contribution in [3.05, 3.63) is 34.0 Å². The zero-order chi connectivity index (χ0) is 21.5. The molecule has 2 saturated heterocycles. The lowest BCUT2D eigenvalue weighted by atomic mass is 9.96. The molecule has 166 valence electrons. The van der Waals surface area contributed by atoms with Crippen LogP contribution in [0.2, 0.25) is 5.28 Å². The molecule has 0 unspecified atom stereocenters. The molecular weight excluding hydrogens is 444 g/mol. The minimum atomic E-state index is -1.24. The summed E-state index contributed by atoms with van der Waals surface area (Å²) >= 11 is 7.98. The molecule has 0 saturated carbocycles. The molecule has 4 N–H and O–H groups in total. The van der Waals surface area contributed by atoms with Gasteiger partial charge in [0.05, 0.1) is 12.9 Å². The standard InChI is InChI=1S/C19H23ClN6O4S/c20-19-22-16(24-25-5-3-10(4-6-25)12-2-1-7-31-12)13-17(23-19)26(9-21-13)18-15(29)14(28)11(8-27)30-18/h1-2,7,9-11,14-15,18,27-29H,3-6,8H2,(H,22,23,24)/t11-,14-,15-,18-/m1/s1. The van der Waals surface area contributed by atoms with Crippen molar-refractivity contribution >= 4 is 39.9 Å². The number of fused-ring (bicyclic) bond motifs is 1. The van der Waals surface area contributed by atoms with Gasteiger partial charge >= 0.3 is 0 Å². The third-order valence-electron chi connectivity index (χ3n) is 5.89. The Balaban J connectivity index is 1.36. The molecule has 0 amide bonds. The van der Waals surface area contributed by atoms with Gasteiger partial charge in [-0.1, -0.05) is 6.07 Å². The maximum absolute atomic E-state index is 10.4. The Bertz CT molecular complexity index is 1040. The van der Waals surface area contributed by atoms with Gasteiger partial charge in [-0.3, -0.25) is 4.57 Å². The summed E-state index contributed by atoms with van der Waals surface area (Å²) in [6.45, 7) is 1.29. The Morgan fingerprint density at radius 1 is 1.23 bits per heavy atom. The first kappa shape index (κ1) is 21.0. The summed E-state index contributed by atoms with van der Waals surface area (Å²) in [5, 5.41) is 34.0. The molecule has 10 nitrogen and oxygen atoms in total. The zero-order valence-corrected chi connectivity index (χ0v) is 18.1. The van der Waals surface area contributed by atoms with Crippen molar-refractivity contribution in [2.45, 2.75) is 43.3 Å². The monoisotopic (exact) mass is 466 g/mol. The largest absolute Gasteiger partial charge is 0.394 e. The fraction of sp³-hybridized carbons (Fsp3) is 0.526. The number of halogens is 1. The highest BCUT2D eigenvalue weighted by atomic mass is 35.5. The summed E-state index contributed by atoms with van der Waals surface area (Å²) in [6.07, 6.45) is -0.763. The lowest BCUT2D eigenvalue weighted by Gasteiger charge is -2.32.